The van der Waals surface area contributed by atoms with Gasteiger partial charge in [-0.3, -0.25) is 0 Å². The summed E-state index contributed by atoms with van der Waals surface area (Å²) in [5.41, 5.74) is 1.16. The molecule has 1 saturated carbocycles. The molecule has 1 aromatic rings. The molecule has 2 atom stereocenters. The number of aromatic nitrogens is 2. The summed E-state index contributed by atoms with van der Waals surface area (Å²) in [4.78, 5) is 11.3. The number of halogens is 1. The van der Waals surface area contributed by atoms with Gasteiger partial charge in [-0.2, -0.15) is 0 Å². The zero-order valence-corrected chi connectivity index (χ0v) is 13.1. The van der Waals surface area contributed by atoms with Crippen molar-refractivity contribution in [3.63, 3.8) is 0 Å². The van der Waals surface area contributed by atoms with Crippen molar-refractivity contribution >= 4 is 17.4 Å². The van der Waals surface area contributed by atoms with Gasteiger partial charge in [-0.05, 0) is 38.0 Å². The Hall–Kier alpha value is -0.830. The van der Waals surface area contributed by atoms with Crippen LogP contribution < -0.4 is 4.90 Å². The molecule has 3 rings (SSSR count). The van der Waals surface area contributed by atoms with E-state index in [9.17, 15) is 0 Å². The van der Waals surface area contributed by atoms with E-state index in [1.807, 2.05) is 0 Å². The Bertz CT molecular complexity index is 461. The predicted octanol–water partition coefficient (Wildman–Crippen LogP) is 4.24. The van der Waals surface area contributed by atoms with Gasteiger partial charge in [0.1, 0.15) is 17.3 Å². The van der Waals surface area contributed by atoms with Gasteiger partial charge in [0.05, 0.1) is 0 Å². The smallest absolute Gasteiger partial charge is 0.137 e. The quantitative estimate of drug-likeness (QED) is 0.781. The average Bonchev–Trinajstić information content (AvgIpc) is 2.49. The Labute approximate surface area is 126 Å². The molecule has 2 aliphatic rings. The van der Waals surface area contributed by atoms with E-state index < -0.39 is 0 Å². The second-order valence-electron chi connectivity index (χ2n) is 6.16. The fraction of sp³-hybridized carbons (Fsp3) is 0.750. The second-order valence-corrected chi connectivity index (χ2v) is 6.52. The number of hydrogen-bond acceptors (Lipinski definition) is 3. The third kappa shape index (κ3) is 2.65. The van der Waals surface area contributed by atoms with Crippen molar-refractivity contribution in [2.75, 3.05) is 11.4 Å². The van der Waals surface area contributed by atoms with Crippen LogP contribution in [0.2, 0.25) is 5.15 Å². The number of rotatable bonds is 3. The van der Waals surface area contributed by atoms with Gasteiger partial charge < -0.3 is 4.90 Å². The van der Waals surface area contributed by atoms with Gasteiger partial charge in [0.2, 0.25) is 0 Å². The SMILES string of the molecule is CCCc1c(Cl)ncnc1N1CCCC2CCCCC21. The monoisotopic (exact) mass is 293 g/mol. The van der Waals surface area contributed by atoms with Gasteiger partial charge in [-0.15, -0.1) is 0 Å². The molecule has 2 unspecified atom stereocenters. The Morgan fingerprint density at radius 3 is 2.85 bits per heavy atom. The van der Waals surface area contributed by atoms with Crippen molar-refractivity contribution in [3.05, 3.63) is 17.0 Å². The van der Waals surface area contributed by atoms with E-state index in [0.717, 1.165) is 36.7 Å². The number of nitrogens with zero attached hydrogens (tertiary/aromatic N) is 3. The highest BCUT2D eigenvalue weighted by Gasteiger charge is 2.34. The van der Waals surface area contributed by atoms with Crippen LogP contribution in [0.3, 0.4) is 0 Å². The summed E-state index contributed by atoms with van der Waals surface area (Å²) in [5, 5.41) is 0.648. The first-order valence-corrected chi connectivity index (χ1v) is 8.45. The van der Waals surface area contributed by atoms with Crippen molar-refractivity contribution in [1.82, 2.24) is 9.97 Å². The van der Waals surface area contributed by atoms with E-state index in [-0.39, 0.29) is 0 Å². The molecule has 1 aliphatic heterocycles. The van der Waals surface area contributed by atoms with Crippen LogP contribution in [0.1, 0.15) is 57.4 Å². The lowest BCUT2D eigenvalue weighted by molar-refractivity contribution is 0.242. The van der Waals surface area contributed by atoms with Crippen LogP contribution in [-0.4, -0.2) is 22.6 Å². The van der Waals surface area contributed by atoms with Crippen LogP contribution in [0.25, 0.3) is 0 Å². The molecular formula is C16H24ClN3. The average molecular weight is 294 g/mol. The summed E-state index contributed by atoms with van der Waals surface area (Å²) in [6.45, 7) is 3.32. The van der Waals surface area contributed by atoms with Gasteiger partial charge >= 0.3 is 0 Å². The molecule has 2 heterocycles. The van der Waals surface area contributed by atoms with E-state index in [4.69, 9.17) is 11.6 Å². The first-order valence-electron chi connectivity index (χ1n) is 8.07. The van der Waals surface area contributed by atoms with Crippen LogP contribution in [0.5, 0.6) is 0 Å². The fourth-order valence-corrected chi connectivity index (χ4v) is 4.21. The predicted molar refractivity (Wildman–Crippen MR) is 83.4 cm³/mol. The van der Waals surface area contributed by atoms with Gasteiger partial charge in [0.25, 0.3) is 0 Å². The Morgan fingerprint density at radius 2 is 2.00 bits per heavy atom. The van der Waals surface area contributed by atoms with Crippen LogP contribution in [0, 0.1) is 5.92 Å². The summed E-state index contributed by atoms with van der Waals surface area (Å²) in [6.07, 6.45) is 11.8. The van der Waals surface area contributed by atoms with Gasteiger partial charge in [0, 0.05) is 18.2 Å². The maximum absolute atomic E-state index is 6.32. The van der Waals surface area contributed by atoms with Crippen LogP contribution >= 0.6 is 11.6 Å². The number of piperidine rings is 1. The van der Waals surface area contributed by atoms with E-state index in [2.05, 4.69) is 21.8 Å². The van der Waals surface area contributed by atoms with E-state index in [1.165, 1.54) is 38.5 Å². The maximum Gasteiger partial charge on any atom is 0.137 e. The second kappa shape index (κ2) is 6.30. The minimum Gasteiger partial charge on any atom is -0.353 e. The molecule has 1 aromatic heterocycles. The van der Waals surface area contributed by atoms with Crippen molar-refractivity contribution in [1.29, 1.82) is 0 Å². The lowest BCUT2D eigenvalue weighted by atomic mass is 9.78. The molecule has 0 aromatic carbocycles. The summed E-state index contributed by atoms with van der Waals surface area (Å²) in [6, 6.07) is 0.680. The Morgan fingerprint density at radius 1 is 1.20 bits per heavy atom. The Kier molecular flexibility index (Phi) is 4.45. The van der Waals surface area contributed by atoms with Crippen molar-refractivity contribution in [2.45, 2.75) is 64.3 Å². The molecule has 0 amide bonds. The zero-order chi connectivity index (χ0) is 13.9. The lowest BCUT2D eigenvalue weighted by Crippen LogP contribution is -2.47. The fourth-order valence-electron chi connectivity index (χ4n) is 3.98. The molecular weight excluding hydrogens is 270 g/mol. The highest BCUT2D eigenvalue weighted by molar-refractivity contribution is 6.30. The molecule has 20 heavy (non-hydrogen) atoms. The molecule has 3 nitrogen and oxygen atoms in total. The van der Waals surface area contributed by atoms with Crippen LogP contribution in [0.4, 0.5) is 5.82 Å². The molecule has 0 bridgehead atoms. The molecule has 1 aliphatic carbocycles. The lowest BCUT2D eigenvalue weighted by Gasteiger charge is -2.45. The van der Waals surface area contributed by atoms with Gasteiger partial charge in [-0.25, -0.2) is 9.97 Å². The molecule has 1 saturated heterocycles. The van der Waals surface area contributed by atoms with Crippen molar-refractivity contribution in [2.24, 2.45) is 5.92 Å². The van der Waals surface area contributed by atoms with E-state index in [1.54, 1.807) is 6.33 Å². The molecule has 0 spiro atoms. The molecule has 0 N–H and O–H groups in total. The number of fused-ring (bicyclic) bond motifs is 1. The standard InChI is InChI=1S/C16H24ClN3/c1-2-6-13-15(17)18-11-19-16(13)20-10-5-8-12-7-3-4-9-14(12)20/h11-12,14H,2-10H2,1H3. The highest BCUT2D eigenvalue weighted by atomic mass is 35.5. The molecule has 0 radical (unpaired) electrons. The summed E-state index contributed by atoms with van der Waals surface area (Å²) >= 11 is 6.32. The van der Waals surface area contributed by atoms with Crippen LogP contribution in [-0.2, 0) is 6.42 Å². The minimum absolute atomic E-state index is 0.648. The Balaban J connectivity index is 1.92. The van der Waals surface area contributed by atoms with Gasteiger partial charge in [-0.1, -0.05) is 37.8 Å². The van der Waals surface area contributed by atoms with Crippen molar-refractivity contribution in [3.8, 4) is 0 Å². The summed E-state index contributed by atoms with van der Waals surface area (Å²) in [5.74, 6) is 1.98. The van der Waals surface area contributed by atoms with Crippen molar-refractivity contribution < 1.29 is 0 Å². The normalized spacial score (nSPS) is 26.4. The minimum atomic E-state index is 0.648. The zero-order valence-electron chi connectivity index (χ0n) is 12.3. The number of hydrogen-bond donors (Lipinski definition) is 0. The molecule has 2 fully saturated rings. The first kappa shape index (κ1) is 14.1. The van der Waals surface area contributed by atoms with Gasteiger partial charge in [0.15, 0.2) is 0 Å². The summed E-state index contributed by atoms with van der Waals surface area (Å²) < 4.78 is 0. The molecule has 4 heteroatoms. The largest absolute Gasteiger partial charge is 0.353 e. The maximum atomic E-state index is 6.32. The molecule has 110 valence electrons. The third-order valence-corrected chi connectivity index (χ3v) is 5.21. The highest BCUT2D eigenvalue weighted by Crippen LogP contribution is 2.39. The number of anilines is 1. The van der Waals surface area contributed by atoms with Crippen LogP contribution in [0.15, 0.2) is 6.33 Å². The van der Waals surface area contributed by atoms with E-state index in [0.29, 0.717) is 11.2 Å². The topological polar surface area (TPSA) is 29.0 Å². The summed E-state index contributed by atoms with van der Waals surface area (Å²) in [7, 11) is 0. The van der Waals surface area contributed by atoms with E-state index >= 15 is 0 Å². The third-order valence-electron chi connectivity index (χ3n) is 4.89. The first-order chi connectivity index (χ1) is 9.81.